The Morgan fingerprint density at radius 2 is 1.94 bits per heavy atom. The van der Waals surface area contributed by atoms with E-state index in [2.05, 4.69) is 0 Å². The standard InChI is InChI=1S/C25H22FNO4/c1-29-24(28)12-19-5-6-21(26)13-23(19)31-15-17-10-20-7-8-30-25(20)22(11-17)18-4-2-3-16(9-18)14-27/h2-11,13H,12,14-15,27H2,1H3. The molecule has 0 aliphatic rings. The molecule has 0 atom stereocenters. The van der Waals surface area contributed by atoms with Crippen molar-refractivity contribution in [3.63, 3.8) is 0 Å². The van der Waals surface area contributed by atoms with Crippen LogP contribution in [0, 0.1) is 5.82 Å². The lowest BCUT2D eigenvalue weighted by atomic mass is 9.99. The second kappa shape index (κ2) is 9.02. The highest BCUT2D eigenvalue weighted by molar-refractivity contribution is 5.93. The maximum absolute atomic E-state index is 13.8. The van der Waals surface area contributed by atoms with Crippen LogP contribution in [-0.2, 0) is 29.1 Å². The minimum atomic E-state index is -0.437. The third-order valence-corrected chi connectivity index (χ3v) is 5.07. The molecule has 5 nitrogen and oxygen atoms in total. The zero-order chi connectivity index (χ0) is 21.8. The van der Waals surface area contributed by atoms with Crippen molar-refractivity contribution in [1.29, 1.82) is 0 Å². The normalized spacial score (nSPS) is 10.9. The lowest BCUT2D eigenvalue weighted by Gasteiger charge is -2.13. The highest BCUT2D eigenvalue weighted by atomic mass is 19.1. The van der Waals surface area contributed by atoms with Crippen LogP contribution in [0.4, 0.5) is 4.39 Å². The monoisotopic (exact) mass is 419 g/mol. The summed E-state index contributed by atoms with van der Waals surface area (Å²) in [6, 6.07) is 17.9. The van der Waals surface area contributed by atoms with E-state index in [-0.39, 0.29) is 13.0 Å². The number of fused-ring (bicyclic) bond motifs is 1. The number of hydrogen-bond donors (Lipinski definition) is 1. The van der Waals surface area contributed by atoms with Crippen LogP contribution in [0.15, 0.2) is 71.3 Å². The number of carbonyl (C=O) groups excluding carboxylic acids is 1. The fourth-order valence-electron chi connectivity index (χ4n) is 3.51. The summed E-state index contributed by atoms with van der Waals surface area (Å²) >= 11 is 0. The third kappa shape index (κ3) is 4.59. The Morgan fingerprint density at radius 1 is 1.06 bits per heavy atom. The van der Waals surface area contributed by atoms with Gasteiger partial charge < -0.3 is 19.6 Å². The first-order valence-electron chi connectivity index (χ1n) is 9.85. The molecule has 0 aliphatic heterocycles. The van der Waals surface area contributed by atoms with Crippen LogP contribution in [0.5, 0.6) is 5.75 Å². The van der Waals surface area contributed by atoms with E-state index in [1.165, 1.54) is 25.3 Å². The maximum atomic E-state index is 13.8. The molecule has 0 saturated heterocycles. The van der Waals surface area contributed by atoms with Crippen LogP contribution in [0.1, 0.15) is 16.7 Å². The fourth-order valence-corrected chi connectivity index (χ4v) is 3.51. The van der Waals surface area contributed by atoms with Crippen molar-refractivity contribution in [2.75, 3.05) is 7.11 Å². The lowest BCUT2D eigenvalue weighted by Crippen LogP contribution is -2.07. The summed E-state index contributed by atoms with van der Waals surface area (Å²) in [5.74, 6) is -0.545. The van der Waals surface area contributed by atoms with Gasteiger partial charge in [-0.25, -0.2) is 4.39 Å². The zero-order valence-electron chi connectivity index (χ0n) is 17.1. The second-order valence-electron chi connectivity index (χ2n) is 7.18. The summed E-state index contributed by atoms with van der Waals surface area (Å²) in [5, 5.41) is 0.934. The van der Waals surface area contributed by atoms with Gasteiger partial charge in [0.05, 0.1) is 19.8 Å². The molecule has 158 valence electrons. The number of ether oxygens (including phenoxy) is 2. The van der Waals surface area contributed by atoms with E-state index in [4.69, 9.17) is 19.6 Å². The molecule has 0 fully saturated rings. The predicted molar refractivity (Wildman–Crippen MR) is 116 cm³/mol. The second-order valence-corrected chi connectivity index (χ2v) is 7.18. The Balaban J connectivity index is 1.66. The molecule has 0 unspecified atom stereocenters. The van der Waals surface area contributed by atoms with Gasteiger partial charge in [-0.1, -0.05) is 24.3 Å². The average molecular weight is 419 g/mol. The third-order valence-electron chi connectivity index (χ3n) is 5.07. The molecule has 0 spiro atoms. The first kappa shape index (κ1) is 20.6. The molecule has 1 heterocycles. The van der Waals surface area contributed by atoms with Crippen LogP contribution in [-0.4, -0.2) is 13.1 Å². The topological polar surface area (TPSA) is 74.7 Å². The van der Waals surface area contributed by atoms with E-state index >= 15 is 0 Å². The SMILES string of the molecule is COC(=O)Cc1ccc(F)cc1OCc1cc(-c2cccc(CN)c2)c2occc2c1. The van der Waals surface area contributed by atoms with E-state index in [1.54, 1.807) is 6.26 Å². The largest absolute Gasteiger partial charge is 0.488 e. The van der Waals surface area contributed by atoms with Gasteiger partial charge in [0.25, 0.3) is 0 Å². The van der Waals surface area contributed by atoms with Gasteiger partial charge in [-0.3, -0.25) is 4.79 Å². The van der Waals surface area contributed by atoms with Crippen LogP contribution in [0.25, 0.3) is 22.1 Å². The summed E-state index contributed by atoms with van der Waals surface area (Å²) in [5.41, 5.74) is 10.9. The number of furan rings is 1. The molecule has 2 N–H and O–H groups in total. The summed E-state index contributed by atoms with van der Waals surface area (Å²) in [6.45, 7) is 0.642. The Labute approximate surface area is 179 Å². The molecule has 0 bridgehead atoms. The minimum absolute atomic E-state index is 0.00398. The predicted octanol–water partition coefficient (Wildman–Crippen LogP) is 4.99. The number of rotatable bonds is 7. The van der Waals surface area contributed by atoms with Gasteiger partial charge in [-0.05, 0) is 47.0 Å². The summed E-state index contributed by atoms with van der Waals surface area (Å²) in [4.78, 5) is 11.7. The molecule has 0 radical (unpaired) electrons. The lowest BCUT2D eigenvalue weighted by molar-refractivity contribution is -0.139. The summed E-state index contributed by atoms with van der Waals surface area (Å²) in [6.07, 6.45) is 1.65. The summed E-state index contributed by atoms with van der Waals surface area (Å²) < 4.78 is 30.1. The Morgan fingerprint density at radius 3 is 2.74 bits per heavy atom. The smallest absolute Gasteiger partial charge is 0.310 e. The highest BCUT2D eigenvalue weighted by Gasteiger charge is 2.13. The zero-order valence-corrected chi connectivity index (χ0v) is 17.1. The van der Waals surface area contributed by atoms with Crippen LogP contribution >= 0.6 is 0 Å². The number of nitrogens with two attached hydrogens (primary N) is 1. The van der Waals surface area contributed by atoms with Crippen molar-refractivity contribution >= 4 is 16.9 Å². The Bertz CT molecular complexity index is 1230. The van der Waals surface area contributed by atoms with Crippen LogP contribution in [0.2, 0.25) is 0 Å². The number of methoxy groups -OCH3 is 1. The van der Waals surface area contributed by atoms with E-state index in [1.807, 2.05) is 42.5 Å². The van der Waals surface area contributed by atoms with Gasteiger partial charge in [0, 0.05) is 29.1 Å². The molecular formula is C25H22FNO4. The van der Waals surface area contributed by atoms with E-state index in [9.17, 15) is 9.18 Å². The number of halogens is 1. The van der Waals surface area contributed by atoms with E-state index < -0.39 is 11.8 Å². The van der Waals surface area contributed by atoms with E-state index in [0.29, 0.717) is 17.9 Å². The molecule has 6 heteroatoms. The van der Waals surface area contributed by atoms with Gasteiger partial charge in [-0.2, -0.15) is 0 Å². The maximum Gasteiger partial charge on any atom is 0.310 e. The first-order valence-corrected chi connectivity index (χ1v) is 9.85. The van der Waals surface area contributed by atoms with Crippen molar-refractivity contribution in [1.82, 2.24) is 0 Å². The quantitative estimate of drug-likeness (QED) is 0.427. The molecule has 4 aromatic rings. The minimum Gasteiger partial charge on any atom is -0.488 e. The molecule has 3 aromatic carbocycles. The number of hydrogen-bond acceptors (Lipinski definition) is 5. The Kier molecular flexibility index (Phi) is 6.00. The van der Waals surface area contributed by atoms with Crippen LogP contribution in [0.3, 0.4) is 0 Å². The van der Waals surface area contributed by atoms with E-state index in [0.717, 1.165) is 33.2 Å². The summed E-state index contributed by atoms with van der Waals surface area (Å²) in [7, 11) is 1.31. The molecule has 31 heavy (non-hydrogen) atoms. The molecule has 4 rings (SSSR count). The molecule has 0 aliphatic carbocycles. The van der Waals surface area contributed by atoms with Crippen molar-refractivity contribution < 1.29 is 23.1 Å². The molecule has 0 saturated carbocycles. The van der Waals surface area contributed by atoms with Crippen LogP contribution < -0.4 is 10.5 Å². The number of esters is 1. The fraction of sp³-hybridized carbons (Fsp3) is 0.160. The van der Waals surface area contributed by atoms with Gasteiger partial charge in [0.1, 0.15) is 23.8 Å². The van der Waals surface area contributed by atoms with Crippen molar-refractivity contribution in [2.24, 2.45) is 5.73 Å². The van der Waals surface area contributed by atoms with Gasteiger partial charge in [-0.15, -0.1) is 0 Å². The van der Waals surface area contributed by atoms with Crippen molar-refractivity contribution in [2.45, 2.75) is 19.6 Å². The number of benzene rings is 3. The first-order chi connectivity index (χ1) is 15.1. The van der Waals surface area contributed by atoms with Crippen molar-refractivity contribution in [3.05, 3.63) is 89.4 Å². The number of carbonyl (C=O) groups is 1. The van der Waals surface area contributed by atoms with Crippen molar-refractivity contribution in [3.8, 4) is 16.9 Å². The van der Waals surface area contributed by atoms with Gasteiger partial charge in [0.15, 0.2) is 0 Å². The molecule has 1 aromatic heterocycles. The molecular weight excluding hydrogens is 397 g/mol. The molecule has 0 amide bonds. The average Bonchev–Trinajstić information content (AvgIpc) is 3.27. The Hall–Kier alpha value is -3.64. The highest BCUT2D eigenvalue weighted by Crippen LogP contribution is 2.32. The van der Waals surface area contributed by atoms with Gasteiger partial charge >= 0.3 is 5.97 Å². The van der Waals surface area contributed by atoms with Gasteiger partial charge in [0.2, 0.25) is 0 Å².